The highest BCUT2D eigenvalue weighted by Gasteiger charge is 2.30. The summed E-state index contributed by atoms with van der Waals surface area (Å²) in [6, 6.07) is 0. The van der Waals surface area contributed by atoms with Crippen LogP contribution < -0.4 is 5.32 Å². The number of carbonyl (C=O) groups is 3. The van der Waals surface area contributed by atoms with Crippen molar-refractivity contribution in [2.75, 3.05) is 31.9 Å². The van der Waals surface area contributed by atoms with Crippen LogP contribution in [0.3, 0.4) is 0 Å². The molecule has 2 heterocycles. The van der Waals surface area contributed by atoms with Crippen molar-refractivity contribution in [2.24, 2.45) is 16.2 Å². The van der Waals surface area contributed by atoms with Crippen LogP contribution in [0.5, 0.6) is 0 Å². The molecule has 0 fully saturated rings. The fraction of sp³-hybridized carbons (Fsp3) is 0.680. The van der Waals surface area contributed by atoms with E-state index in [1.807, 2.05) is 0 Å². The number of ether oxygens (including phenoxy) is 3. The molecule has 14 nitrogen and oxygen atoms in total. The Morgan fingerprint density at radius 3 is 1.90 bits per heavy atom. The lowest BCUT2D eigenvalue weighted by Gasteiger charge is -2.22. The van der Waals surface area contributed by atoms with Gasteiger partial charge in [0.25, 0.3) is 0 Å². The second-order valence-electron chi connectivity index (χ2n) is 12.0. The molecule has 1 amide bonds. The zero-order chi connectivity index (χ0) is 30.4. The van der Waals surface area contributed by atoms with E-state index >= 15 is 0 Å². The first kappa shape index (κ1) is 33.3. The van der Waals surface area contributed by atoms with Gasteiger partial charge < -0.3 is 24.1 Å². The van der Waals surface area contributed by atoms with E-state index in [9.17, 15) is 18.9 Å². The SMILES string of the molecule is CC(C)(C)C(=O)Nc1ncnc2c1ncn2CCOCP(=O)(OCOC(=O)C(C)(C)C)OCOC(=O)C(C)(C)C. The van der Waals surface area contributed by atoms with Gasteiger partial charge in [-0.1, -0.05) is 20.8 Å². The van der Waals surface area contributed by atoms with Crippen LogP contribution >= 0.6 is 7.60 Å². The normalized spacial score (nSPS) is 12.8. The number of anilines is 1. The fourth-order valence-corrected chi connectivity index (χ4v) is 3.64. The summed E-state index contributed by atoms with van der Waals surface area (Å²) in [5.41, 5.74) is -1.35. The van der Waals surface area contributed by atoms with Crippen molar-refractivity contribution in [3.63, 3.8) is 0 Å². The van der Waals surface area contributed by atoms with E-state index in [1.165, 1.54) is 12.7 Å². The lowest BCUT2D eigenvalue weighted by molar-refractivity contribution is -0.162. The Labute approximate surface area is 234 Å². The van der Waals surface area contributed by atoms with Gasteiger partial charge in [-0.3, -0.25) is 28.0 Å². The molecule has 0 aliphatic heterocycles. The molecule has 224 valence electrons. The van der Waals surface area contributed by atoms with Crippen molar-refractivity contribution in [1.29, 1.82) is 0 Å². The molecule has 2 rings (SSSR count). The maximum absolute atomic E-state index is 13.2. The van der Waals surface area contributed by atoms with Crippen molar-refractivity contribution >= 4 is 42.4 Å². The number of nitrogens with zero attached hydrogens (tertiary/aromatic N) is 4. The van der Waals surface area contributed by atoms with Crippen LogP contribution in [0.25, 0.3) is 11.2 Å². The molecule has 40 heavy (non-hydrogen) atoms. The van der Waals surface area contributed by atoms with E-state index < -0.39 is 55.7 Å². The van der Waals surface area contributed by atoms with E-state index in [0.717, 1.165) is 0 Å². The first-order valence-corrected chi connectivity index (χ1v) is 14.3. The molecule has 0 spiro atoms. The highest BCUT2D eigenvalue weighted by atomic mass is 31.2. The molecule has 0 aromatic carbocycles. The minimum Gasteiger partial charge on any atom is -0.438 e. The van der Waals surface area contributed by atoms with Crippen molar-refractivity contribution in [1.82, 2.24) is 19.5 Å². The third-order valence-corrected chi connectivity index (χ3v) is 6.64. The number of aromatic nitrogens is 4. The summed E-state index contributed by atoms with van der Waals surface area (Å²) in [5, 5.41) is 2.76. The van der Waals surface area contributed by atoms with Gasteiger partial charge >= 0.3 is 19.5 Å². The van der Waals surface area contributed by atoms with Crippen molar-refractivity contribution in [2.45, 2.75) is 68.9 Å². The average Bonchev–Trinajstić information content (AvgIpc) is 3.24. The molecule has 15 heteroatoms. The molecule has 1 N–H and O–H groups in total. The molecule has 0 radical (unpaired) electrons. The smallest absolute Gasteiger partial charge is 0.361 e. The van der Waals surface area contributed by atoms with Gasteiger partial charge in [-0.15, -0.1) is 0 Å². The molecule has 0 bridgehead atoms. The zero-order valence-electron chi connectivity index (χ0n) is 24.6. The predicted molar refractivity (Wildman–Crippen MR) is 145 cm³/mol. The number of nitrogens with one attached hydrogen (secondary N) is 1. The molecule has 2 aromatic rings. The van der Waals surface area contributed by atoms with Crippen LogP contribution in [0.1, 0.15) is 62.3 Å². The number of esters is 2. The average molecular weight is 586 g/mol. The Kier molecular flexibility index (Phi) is 10.9. The van der Waals surface area contributed by atoms with Gasteiger partial charge in [0.05, 0.1) is 23.8 Å². The summed E-state index contributed by atoms with van der Waals surface area (Å²) in [6.45, 7) is 14.3. The lowest BCUT2D eigenvalue weighted by atomic mass is 9.96. The molecule has 0 atom stereocenters. The summed E-state index contributed by atoms with van der Waals surface area (Å²) in [5.74, 6) is -1.06. The van der Waals surface area contributed by atoms with E-state index in [2.05, 4.69) is 20.3 Å². The molecular formula is C25H40N5O9P. The summed E-state index contributed by atoms with van der Waals surface area (Å²) in [7, 11) is -4.01. The van der Waals surface area contributed by atoms with Gasteiger partial charge in [-0.2, -0.15) is 0 Å². The number of imidazole rings is 1. The minimum atomic E-state index is -4.01. The maximum atomic E-state index is 13.2. The fourth-order valence-electron chi connectivity index (χ4n) is 2.64. The van der Waals surface area contributed by atoms with Crippen molar-refractivity contribution in [3.05, 3.63) is 12.7 Å². The second kappa shape index (κ2) is 13.2. The van der Waals surface area contributed by atoms with Crippen molar-refractivity contribution in [3.8, 4) is 0 Å². The summed E-state index contributed by atoms with van der Waals surface area (Å²) >= 11 is 0. The van der Waals surface area contributed by atoms with E-state index in [1.54, 1.807) is 66.9 Å². The van der Waals surface area contributed by atoms with Crippen LogP contribution in [0.4, 0.5) is 5.82 Å². The lowest BCUT2D eigenvalue weighted by Crippen LogP contribution is -2.28. The van der Waals surface area contributed by atoms with Crippen LogP contribution in [0.2, 0.25) is 0 Å². The third kappa shape index (κ3) is 9.92. The molecule has 0 unspecified atom stereocenters. The first-order valence-electron chi connectivity index (χ1n) is 12.6. The first-order chi connectivity index (χ1) is 18.3. The third-order valence-electron chi connectivity index (χ3n) is 5.14. The summed E-state index contributed by atoms with van der Waals surface area (Å²) < 4.78 is 41.0. The molecule has 0 aliphatic rings. The van der Waals surface area contributed by atoms with Gasteiger partial charge in [0.15, 0.2) is 17.0 Å². The quantitative estimate of drug-likeness (QED) is 0.164. The highest BCUT2D eigenvalue weighted by Crippen LogP contribution is 2.48. The van der Waals surface area contributed by atoms with Crippen LogP contribution in [0.15, 0.2) is 12.7 Å². The predicted octanol–water partition coefficient (Wildman–Crippen LogP) is 4.10. The zero-order valence-corrected chi connectivity index (χ0v) is 25.5. The van der Waals surface area contributed by atoms with Crippen LogP contribution in [-0.4, -0.2) is 63.9 Å². The molecule has 0 saturated heterocycles. The topological polar surface area (TPSA) is 170 Å². The second-order valence-corrected chi connectivity index (χ2v) is 14.0. The largest absolute Gasteiger partial charge is 0.438 e. The number of rotatable bonds is 12. The van der Waals surface area contributed by atoms with Gasteiger partial charge in [-0.05, 0) is 41.5 Å². The number of carbonyl (C=O) groups excluding carboxylic acids is 3. The van der Waals surface area contributed by atoms with Gasteiger partial charge in [-0.25, -0.2) is 15.0 Å². The standard InChI is InChI=1S/C25H40N5O9P/c1-23(2,3)20(31)29-18-17-19(27-12-26-18)30(13-28-17)10-11-35-16-40(34,38-14-36-21(32)24(4,5)6)39-15-37-22(33)25(7,8)9/h12-13H,10-11,14-16H2,1-9H3,(H,26,27,29,31). The summed E-state index contributed by atoms with van der Waals surface area (Å²) in [4.78, 5) is 49.1. The van der Waals surface area contributed by atoms with Crippen LogP contribution in [0, 0.1) is 16.2 Å². The maximum Gasteiger partial charge on any atom is 0.361 e. The minimum absolute atomic E-state index is 0.0411. The number of hydrogen-bond donors (Lipinski definition) is 1. The van der Waals surface area contributed by atoms with Gasteiger partial charge in [0.1, 0.15) is 12.7 Å². The number of hydrogen-bond acceptors (Lipinski definition) is 12. The number of amides is 1. The van der Waals surface area contributed by atoms with E-state index in [-0.39, 0.29) is 24.9 Å². The Hall–Kier alpha value is -2.93. The Morgan fingerprint density at radius 1 is 0.850 bits per heavy atom. The molecular weight excluding hydrogens is 545 g/mol. The van der Waals surface area contributed by atoms with Gasteiger partial charge in [0, 0.05) is 12.0 Å². The molecule has 0 aliphatic carbocycles. The molecule has 0 saturated carbocycles. The van der Waals surface area contributed by atoms with Crippen molar-refractivity contribution < 1.29 is 42.2 Å². The Balaban J connectivity index is 2.02. The van der Waals surface area contributed by atoms with E-state index in [0.29, 0.717) is 11.2 Å². The van der Waals surface area contributed by atoms with Crippen LogP contribution in [-0.2, 0) is 48.8 Å². The van der Waals surface area contributed by atoms with E-state index in [4.69, 9.17) is 23.3 Å². The number of fused-ring (bicyclic) bond motifs is 1. The highest BCUT2D eigenvalue weighted by molar-refractivity contribution is 7.53. The monoisotopic (exact) mass is 585 g/mol. The Morgan fingerprint density at radius 2 is 1.40 bits per heavy atom. The Bertz CT molecular complexity index is 1210. The van der Waals surface area contributed by atoms with Gasteiger partial charge in [0.2, 0.25) is 19.5 Å². The summed E-state index contributed by atoms with van der Waals surface area (Å²) in [6.07, 6.45) is 2.31. The molecule has 2 aromatic heterocycles.